The summed E-state index contributed by atoms with van der Waals surface area (Å²) in [6.07, 6.45) is 1.42. The number of carbonyl (C=O) groups is 1. The molecule has 0 aliphatic heterocycles. The van der Waals surface area contributed by atoms with Crippen molar-refractivity contribution in [2.75, 3.05) is 5.32 Å². The van der Waals surface area contributed by atoms with Crippen LogP contribution in [-0.2, 0) is 0 Å². The van der Waals surface area contributed by atoms with Crippen LogP contribution in [0.1, 0.15) is 15.9 Å². The van der Waals surface area contributed by atoms with E-state index in [0.717, 1.165) is 22.0 Å². The van der Waals surface area contributed by atoms with E-state index in [1.807, 2.05) is 72.8 Å². The Labute approximate surface area is 184 Å². The monoisotopic (exact) mass is 415 g/mol. The Bertz CT molecular complexity index is 1460. The van der Waals surface area contributed by atoms with Crippen LogP contribution in [0.3, 0.4) is 0 Å². The molecule has 2 heterocycles. The van der Waals surface area contributed by atoms with E-state index in [1.165, 1.54) is 10.9 Å². The molecule has 5 aromatic rings. The summed E-state index contributed by atoms with van der Waals surface area (Å²) in [5, 5.41) is 17.6. The minimum atomic E-state index is -0.330. The first-order valence-electron chi connectivity index (χ1n) is 10.0. The van der Waals surface area contributed by atoms with Crippen molar-refractivity contribution in [1.82, 2.24) is 14.8 Å². The van der Waals surface area contributed by atoms with Gasteiger partial charge in [0.25, 0.3) is 5.91 Å². The molecular formula is C26H17N5O. The van der Waals surface area contributed by atoms with Gasteiger partial charge in [-0.2, -0.15) is 15.0 Å². The van der Waals surface area contributed by atoms with Gasteiger partial charge in [0.15, 0.2) is 11.6 Å². The molecule has 0 saturated carbocycles. The third kappa shape index (κ3) is 3.59. The van der Waals surface area contributed by atoms with E-state index in [2.05, 4.69) is 21.5 Å². The summed E-state index contributed by atoms with van der Waals surface area (Å²) in [5.74, 6) is 0.469. The predicted octanol–water partition coefficient (Wildman–Crippen LogP) is 5.21. The van der Waals surface area contributed by atoms with E-state index in [9.17, 15) is 10.1 Å². The van der Waals surface area contributed by atoms with Crippen molar-refractivity contribution in [1.29, 1.82) is 5.26 Å². The molecule has 0 unspecified atom stereocenters. The van der Waals surface area contributed by atoms with Crippen LogP contribution in [0.2, 0.25) is 0 Å². The van der Waals surface area contributed by atoms with Crippen LogP contribution in [0.15, 0.2) is 97.2 Å². The molecule has 0 aliphatic carbocycles. The number of anilines is 1. The first kappa shape index (κ1) is 19.2. The van der Waals surface area contributed by atoms with E-state index in [-0.39, 0.29) is 17.3 Å². The van der Waals surface area contributed by atoms with E-state index < -0.39 is 0 Å². The van der Waals surface area contributed by atoms with Crippen LogP contribution in [-0.4, -0.2) is 20.7 Å². The van der Waals surface area contributed by atoms with E-state index in [1.54, 1.807) is 18.2 Å². The second-order valence-corrected chi connectivity index (χ2v) is 7.19. The molecule has 1 N–H and O–H groups in total. The number of hydrogen-bond donors (Lipinski definition) is 1. The number of amides is 1. The zero-order chi connectivity index (χ0) is 21.9. The van der Waals surface area contributed by atoms with E-state index in [0.29, 0.717) is 11.4 Å². The van der Waals surface area contributed by atoms with Gasteiger partial charge in [0.05, 0.1) is 11.7 Å². The lowest BCUT2D eigenvalue weighted by atomic mass is 10.0. The van der Waals surface area contributed by atoms with E-state index in [4.69, 9.17) is 0 Å². The molecule has 0 atom stereocenters. The lowest BCUT2D eigenvalue weighted by molar-refractivity contribution is 0.102. The molecule has 32 heavy (non-hydrogen) atoms. The number of nitriles is 1. The zero-order valence-corrected chi connectivity index (χ0v) is 16.9. The highest BCUT2D eigenvalue weighted by Crippen LogP contribution is 2.23. The van der Waals surface area contributed by atoms with Gasteiger partial charge >= 0.3 is 0 Å². The second-order valence-electron chi connectivity index (χ2n) is 7.19. The summed E-state index contributed by atoms with van der Waals surface area (Å²) in [6, 6.07) is 30.8. The molecule has 152 valence electrons. The fraction of sp³-hybridized carbons (Fsp3) is 0. The number of nitrogens with one attached hydrogen (secondary N) is 1. The highest BCUT2D eigenvalue weighted by molar-refractivity contribution is 6.04. The first-order chi connectivity index (χ1) is 15.7. The number of fused-ring (bicyclic) bond motifs is 1. The normalized spacial score (nSPS) is 10.6. The maximum Gasteiger partial charge on any atom is 0.256 e. The number of carbonyl (C=O) groups excluding carboxylic acids is 1. The number of rotatable bonds is 4. The van der Waals surface area contributed by atoms with Gasteiger partial charge in [-0.1, -0.05) is 60.7 Å². The highest BCUT2D eigenvalue weighted by atomic mass is 16.1. The Morgan fingerprint density at radius 3 is 2.34 bits per heavy atom. The predicted molar refractivity (Wildman–Crippen MR) is 123 cm³/mol. The summed E-state index contributed by atoms with van der Waals surface area (Å²) in [6.45, 7) is 0. The summed E-state index contributed by atoms with van der Waals surface area (Å²) in [5.41, 5.74) is 3.63. The summed E-state index contributed by atoms with van der Waals surface area (Å²) in [4.78, 5) is 17.6. The molecule has 2 aromatic heterocycles. The largest absolute Gasteiger partial charge is 0.305 e. The van der Waals surface area contributed by atoms with Crippen molar-refractivity contribution >= 4 is 22.6 Å². The fourth-order valence-corrected chi connectivity index (χ4v) is 3.52. The van der Waals surface area contributed by atoms with Gasteiger partial charge in [-0.25, -0.2) is 4.98 Å². The molecule has 0 aliphatic rings. The third-order valence-corrected chi connectivity index (χ3v) is 5.18. The topological polar surface area (TPSA) is 83.6 Å². The number of pyridine rings is 1. The van der Waals surface area contributed by atoms with Crippen molar-refractivity contribution in [2.45, 2.75) is 0 Å². The Morgan fingerprint density at radius 1 is 0.844 bits per heavy atom. The molecule has 1 amide bonds. The number of benzene rings is 3. The molecule has 0 bridgehead atoms. The molecule has 3 aromatic carbocycles. The Morgan fingerprint density at radius 2 is 1.56 bits per heavy atom. The van der Waals surface area contributed by atoms with Crippen LogP contribution in [0.4, 0.5) is 5.82 Å². The third-order valence-electron chi connectivity index (χ3n) is 5.18. The number of aromatic nitrogens is 3. The smallest absolute Gasteiger partial charge is 0.256 e. The van der Waals surface area contributed by atoms with Gasteiger partial charge in [-0.05, 0) is 41.5 Å². The Hall–Kier alpha value is -4.76. The quantitative estimate of drug-likeness (QED) is 0.437. The summed E-state index contributed by atoms with van der Waals surface area (Å²) in [7, 11) is 0. The van der Waals surface area contributed by atoms with Crippen molar-refractivity contribution < 1.29 is 4.79 Å². The van der Waals surface area contributed by atoms with E-state index >= 15 is 0 Å². The molecule has 6 nitrogen and oxygen atoms in total. The van der Waals surface area contributed by atoms with Gasteiger partial charge in [0, 0.05) is 10.9 Å². The maximum absolute atomic E-state index is 12.9. The van der Waals surface area contributed by atoms with Gasteiger partial charge < -0.3 is 5.32 Å². The summed E-state index contributed by atoms with van der Waals surface area (Å²) < 4.78 is 1.47. The zero-order valence-electron chi connectivity index (χ0n) is 16.9. The first-order valence-corrected chi connectivity index (χ1v) is 10.0. The Balaban J connectivity index is 1.45. The SMILES string of the molecule is N#Cc1cnn(-c2ccc3ccccc3n2)c1NC(=O)c1ccc(-c2ccccc2)cc1. The van der Waals surface area contributed by atoms with Crippen molar-refractivity contribution in [3.05, 3.63) is 108 Å². The molecule has 0 radical (unpaired) electrons. The minimum Gasteiger partial charge on any atom is -0.305 e. The minimum absolute atomic E-state index is 0.259. The van der Waals surface area contributed by atoms with Crippen LogP contribution < -0.4 is 5.32 Å². The Kier molecular flexibility index (Phi) is 4.91. The standard InChI is InChI=1S/C26H17N5O/c27-16-22-17-28-31(24-15-14-20-8-4-5-9-23(20)29-24)25(22)30-26(32)21-12-10-19(11-13-21)18-6-2-1-3-7-18/h1-15,17H,(H,30,32). The molecule has 0 spiro atoms. The van der Waals surface area contributed by atoms with Crippen molar-refractivity contribution in [2.24, 2.45) is 0 Å². The average Bonchev–Trinajstić information content (AvgIpc) is 3.26. The average molecular weight is 415 g/mol. The molecule has 0 saturated heterocycles. The van der Waals surface area contributed by atoms with Gasteiger partial charge in [-0.15, -0.1) is 0 Å². The highest BCUT2D eigenvalue weighted by Gasteiger charge is 2.17. The number of para-hydroxylation sites is 1. The molecule has 5 rings (SSSR count). The van der Waals surface area contributed by atoms with Crippen LogP contribution in [0.5, 0.6) is 0 Å². The van der Waals surface area contributed by atoms with Gasteiger partial charge in [0.1, 0.15) is 11.6 Å². The fourth-order valence-electron chi connectivity index (χ4n) is 3.52. The lowest BCUT2D eigenvalue weighted by Crippen LogP contribution is -2.16. The number of nitrogens with zero attached hydrogens (tertiary/aromatic N) is 4. The number of hydrogen-bond acceptors (Lipinski definition) is 4. The lowest BCUT2D eigenvalue weighted by Gasteiger charge is -2.10. The van der Waals surface area contributed by atoms with Crippen molar-refractivity contribution in [3.8, 4) is 23.0 Å². The second kappa shape index (κ2) is 8.17. The van der Waals surface area contributed by atoms with Gasteiger partial charge in [0.2, 0.25) is 0 Å². The van der Waals surface area contributed by atoms with Gasteiger partial charge in [-0.3, -0.25) is 4.79 Å². The summed E-state index contributed by atoms with van der Waals surface area (Å²) >= 11 is 0. The molecule has 6 heteroatoms. The molecule has 0 fully saturated rings. The maximum atomic E-state index is 12.9. The van der Waals surface area contributed by atoms with Crippen LogP contribution in [0, 0.1) is 11.3 Å². The molecular weight excluding hydrogens is 398 g/mol. The van der Waals surface area contributed by atoms with Crippen LogP contribution in [0.25, 0.3) is 27.8 Å². The van der Waals surface area contributed by atoms with Crippen LogP contribution >= 0.6 is 0 Å². The van der Waals surface area contributed by atoms with Crippen molar-refractivity contribution in [3.63, 3.8) is 0 Å².